The van der Waals surface area contributed by atoms with E-state index in [2.05, 4.69) is 15.2 Å². The predicted molar refractivity (Wildman–Crippen MR) is 86.2 cm³/mol. The van der Waals surface area contributed by atoms with Crippen molar-refractivity contribution < 1.29 is 0 Å². The summed E-state index contributed by atoms with van der Waals surface area (Å²) in [6, 6.07) is 13.6. The zero-order chi connectivity index (χ0) is 14.8. The first-order valence-corrected chi connectivity index (χ1v) is 6.77. The Hall–Kier alpha value is -2.75. The Balaban J connectivity index is 2.06. The number of nitrogens with zero attached hydrogens (tertiary/aromatic N) is 3. The van der Waals surface area contributed by atoms with Gasteiger partial charge in [-0.1, -0.05) is 6.07 Å². The van der Waals surface area contributed by atoms with Crippen LogP contribution in [0.1, 0.15) is 11.1 Å². The largest absolute Gasteiger partial charge is 0.399 e. The van der Waals surface area contributed by atoms with Crippen molar-refractivity contribution in [3.8, 4) is 0 Å². The number of benzene rings is 2. The Morgan fingerprint density at radius 3 is 2.62 bits per heavy atom. The summed E-state index contributed by atoms with van der Waals surface area (Å²) in [4.78, 5) is 4.35. The predicted octanol–water partition coefficient (Wildman–Crippen LogP) is 4.85. The highest BCUT2D eigenvalue weighted by Gasteiger charge is 2.04. The van der Waals surface area contributed by atoms with Gasteiger partial charge in [0.05, 0.1) is 16.9 Å². The summed E-state index contributed by atoms with van der Waals surface area (Å²) >= 11 is 0. The lowest BCUT2D eigenvalue weighted by atomic mass is 10.1. The fraction of sp³-hybridized carbons (Fsp3) is 0.118. The summed E-state index contributed by atoms with van der Waals surface area (Å²) in [6.07, 6.45) is 1.78. The topological polar surface area (TPSA) is 63.6 Å². The number of aromatic nitrogens is 1. The van der Waals surface area contributed by atoms with Gasteiger partial charge in [-0.25, -0.2) is 0 Å². The quantitative estimate of drug-likeness (QED) is 0.537. The minimum Gasteiger partial charge on any atom is -0.399 e. The van der Waals surface area contributed by atoms with Crippen molar-refractivity contribution in [1.29, 1.82) is 0 Å². The van der Waals surface area contributed by atoms with E-state index in [0.717, 1.165) is 39.1 Å². The molecule has 2 N–H and O–H groups in total. The molecule has 104 valence electrons. The maximum absolute atomic E-state index is 5.81. The van der Waals surface area contributed by atoms with Crippen LogP contribution in [0.3, 0.4) is 0 Å². The molecule has 0 unspecified atom stereocenters. The van der Waals surface area contributed by atoms with Gasteiger partial charge in [0, 0.05) is 17.3 Å². The van der Waals surface area contributed by atoms with Crippen LogP contribution in [0.2, 0.25) is 0 Å². The Morgan fingerprint density at radius 1 is 0.952 bits per heavy atom. The van der Waals surface area contributed by atoms with Gasteiger partial charge in [-0.05, 0) is 61.4 Å². The highest BCUT2D eigenvalue weighted by atomic mass is 15.1. The van der Waals surface area contributed by atoms with Crippen LogP contribution in [0.15, 0.2) is 58.9 Å². The van der Waals surface area contributed by atoms with Gasteiger partial charge in [0.25, 0.3) is 0 Å². The maximum atomic E-state index is 5.81. The molecule has 0 amide bonds. The highest BCUT2D eigenvalue weighted by Crippen LogP contribution is 2.30. The zero-order valence-electron chi connectivity index (χ0n) is 12.0. The number of rotatable bonds is 2. The molecule has 0 atom stereocenters. The van der Waals surface area contributed by atoms with Gasteiger partial charge in [0.15, 0.2) is 0 Å². The molecule has 0 aliphatic carbocycles. The Bertz CT molecular complexity index is 837. The number of azo groups is 1. The molecule has 3 aromatic rings. The van der Waals surface area contributed by atoms with Crippen molar-refractivity contribution in [3.05, 3.63) is 59.8 Å². The van der Waals surface area contributed by atoms with Gasteiger partial charge < -0.3 is 5.73 Å². The fourth-order valence-electron chi connectivity index (χ4n) is 2.21. The number of anilines is 1. The van der Waals surface area contributed by atoms with Crippen LogP contribution in [-0.2, 0) is 0 Å². The van der Waals surface area contributed by atoms with Crippen LogP contribution in [0.25, 0.3) is 10.9 Å². The van der Waals surface area contributed by atoms with E-state index in [-0.39, 0.29) is 0 Å². The fourth-order valence-corrected chi connectivity index (χ4v) is 2.21. The summed E-state index contributed by atoms with van der Waals surface area (Å²) in [7, 11) is 0. The molecule has 4 heteroatoms. The van der Waals surface area contributed by atoms with Gasteiger partial charge in [-0.3, -0.25) is 4.98 Å². The van der Waals surface area contributed by atoms with Crippen LogP contribution in [-0.4, -0.2) is 4.98 Å². The second kappa shape index (κ2) is 5.32. The minimum atomic E-state index is 0.763. The Morgan fingerprint density at radius 2 is 1.81 bits per heavy atom. The number of fused-ring (bicyclic) bond motifs is 1. The highest BCUT2D eigenvalue weighted by molar-refractivity contribution is 5.91. The number of pyridine rings is 1. The van der Waals surface area contributed by atoms with Gasteiger partial charge >= 0.3 is 0 Å². The number of aryl methyl sites for hydroxylation is 2. The lowest BCUT2D eigenvalue weighted by Crippen LogP contribution is -1.87. The number of hydrogen-bond donors (Lipinski definition) is 1. The summed E-state index contributed by atoms with van der Waals surface area (Å²) in [5, 5.41) is 9.76. The van der Waals surface area contributed by atoms with E-state index >= 15 is 0 Å². The zero-order valence-corrected chi connectivity index (χ0v) is 12.0. The second-order valence-corrected chi connectivity index (χ2v) is 5.04. The van der Waals surface area contributed by atoms with Gasteiger partial charge in [-0.2, -0.15) is 5.11 Å². The minimum absolute atomic E-state index is 0.763. The standard InChI is InChI=1S/C17H16N4/c1-11-5-8-16-14(4-3-9-19-16)17(11)21-20-13-6-7-15(18)12(2)10-13/h3-10H,18H2,1-2H3. The van der Waals surface area contributed by atoms with E-state index in [9.17, 15) is 0 Å². The van der Waals surface area contributed by atoms with Gasteiger partial charge in [0.1, 0.15) is 0 Å². The van der Waals surface area contributed by atoms with Crippen LogP contribution < -0.4 is 5.73 Å². The smallest absolute Gasteiger partial charge is 0.0980 e. The molecule has 1 aromatic heterocycles. The molecule has 0 radical (unpaired) electrons. The molecule has 21 heavy (non-hydrogen) atoms. The molecular formula is C17H16N4. The third kappa shape index (κ3) is 2.60. The molecule has 0 saturated heterocycles. The van der Waals surface area contributed by atoms with Crippen LogP contribution in [0.4, 0.5) is 17.1 Å². The van der Waals surface area contributed by atoms with E-state index in [1.54, 1.807) is 6.20 Å². The molecule has 3 rings (SSSR count). The molecule has 1 heterocycles. The van der Waals surface area contributed by atoms with Crippen molar-refractivity contribution in [1.82, 2.24) is 4.98 Å². The average molecular weight is 276 g/mol. The summed E-state index contributed by atoms with van der Waals surface area (Å²) in [6.45, 7) is 3.98. The van der Waals surface area contributed by atoms with E-state index in [1.807, 2.05) is 56.3 Å². The maximum Gasteiger partial charge on any atom is 0.0980 e. The number of nitrogens with two attached hydrogens (primary N) is 1. The van der Waals surface area contributed by atoms with Crippen LogP contribution >= 0.6 is 0 Å². The van der Waals surface area contributed by atoms with Crippen molar-refractivity contribution in [3.63, 3.8) is 0 Å². The molecular weight excluding hydrogens is 260 g/mol. The first-order chi connectivity index (χ1) is 10.1. The first kappa shape index (κ1) is 13.2. The Labute approximate surface area is 123 Å². The third-order valence-electron chi connectivity index (χ3n) is 3.48. The number of hydrogen-bond acceptors (Lipinski definition) is 4. The molecule has 0 aliphatic rings. The lowest BCUT2D eigenvalue weighted by Gasteiger charge is -2.04. The van der Waals surface area contributed by atoms with E-state index < -0.39 is 0 Å². The molecule has 0 spiro atoms. The molecule has 0 bridgehead atoms. The van der Waals surface area contributed by atoms with Crippen molar-refractivity contribution >= 4 is 28.0 Å². The van der Waals surface area contributed by atoms with Crippen molar-refractivity contribution in [2.24, 2.45) is 10.2 Å². The molecule has 0 saturated carbocycles. The van der Waals surface area contributed by atoms with Crippen LogP contribution in [0.5, 0.6) is 0 Å². The molecule has 0 fully saturated rings. The van der Waals surface area contributed by atoms with Gasteiger partial charge in [0.2, 0.25) is 0 Å². The molecule has 2 aromatic carbocycles. The third-order valence-corrected chi connectivity index (χ3v) is 3.48. The SMILES string of the molecule is Cc1cc(N=Nc2c(C)ccc3ncccc23)ccc1N. The van der Waals surface area contributed by atoms with E-state index in [4.69, 9.17) is 5.73 Å². The van der Waals surface area contributed by atoms with E-state index in [0.29, 0.717) is 0 Å². The van der Waals surface area contributed by atoms with E-state index in [1.165, 1.54) is 0 Å². The lowest BCUT2D eigenvalue weighted by molar-refractivity contribution is 1.21. The monoisotopic (exact) mass is 276 g/mol. The van der Waals surface area contributed by atoms with Gasteiger partial charge in [-0.15, -0.1) is 5.11 Å². The van der Waals surface area contributed by atoms with Crippen LogP contribution in [0, 0.1) is 13.8 Å². The summed E-state index contributed by atoms with van der Waals surface area (Å²) in [5.41, 5.74) is 11.2. The summed E-state index contributed by atoms with van der Waals surface area (Å²) < 4.78 is 0. The Kier molecular flexibility index (Phi) is 3.36. The second-order valence-electron chi connectivity index (χ2n) is 5.04. The number of nitrogen functional groups attached to an aromatic ring is 1. The van der Waals surface area contributed by atoms with Crippen molar-refractivity contribution in [2.45, 2.75) is 13.8 Å². The normalized spacial score (nSPS) is 11.3. The molecule has 4 nitrogen and oxygen atoms in total. The molecule has 0 aliphatic heterocycles. The average Bonchev–Trinajstić information content (AvgIpc) is 2.50. The summed E-state index contributed by atoms with van der Waals surface area (Å²) in [5.74, 6) is 0. The van der Waals surface area contributed by atoms with Crippen molar-refractivity contribution in [2.75, 3.05) is 5.73 Å². The first-order valence-electron chi connectivity index (χ1n) is 6.77.